The standard InChI is InChI=1S/C52H30N4O2/c1-3-14-31(15-4-1)48-49-47(41-28-35-20-9-10-21-36(35)29-45(41)58-49)42(30-53-48)39-26-33-18-7-8-19-34(33)27-40(39)52-55-50(32-16-5-2-6-17-32)54-51(56-52)38-23-13-25-44-46(38)37-22-11-12-24-43(37)57-44/h1-30H. The Bertz CT molecular complexity index is 3570. The fourth-order valence-corrected chi connectivity index (χ4v) is 8.42. The highest BCUT2D eigenvalue weighted by molar-refractivity contribution is 6.19. The van der Waals surface area contributed by atoms with Crippen LogP contribution in [0.1, 0.15) is 0 Å². The Hall–Kier alpha value is -7.96. The molecule has 0 saturated heterocycles. The van der Waals surface area contributed by atoms with Crippen molar-refractivity contribution < 1.29 is 8.83 Å². The van der Waals surface area contributed by atoms with Crippen molar-refractivity contribution in [3.05, 3.63) is 182 Å². The molecule has 0 amide bonds. The van der Waals surface area contributed by atoms with Gasteiger partial charge in [0.15, 0.2) is 23.1 Å². The Morgan fingerprint density at radius 3 is 1.69 bits per heavy atom. The number of pyridine rings is 1. The van der Waals surface area contributed by atoms with E-state index in [9.17, 15) is 0 Å². The van der Waals surface area contributed by atoms with Crippen LogP contribution in [0.15, 0.2) is 191 Å². The van der Waals surface area contributed by atoms with E-state index in [1.165, 1.54) is 0 Å². The zero-order chi connectivity index (χ0) is 38.2. The maximum atomic E-state index is 6.85. The minimum absolute atomic E-state index is 0.549. The van der Waals surface area contributed by atoms with Crippen LogP contribution in [-0.2, 0) is 0 Å². The maximum absolute atomic E-state index is 6.85. The maximum Gasteiger partial charge on any atom is 0.164 e. The second-order valence-corrected chi connectivity index (χ2v) is 14.6. The molecule has 58 heavy (non-hydrogen) atoms. The molecule has 4 heterocycles. The molecule has 12 aromatic rings. The highest BCUT2D eigenvalue weighted by Gasteiger charge is 2.24. The lowest BCUT2D eigenvalue weighted by atomic mass is 9.92. The molecular formula is C52H30N4O2. The average Bonchev–Trinajstić information content (AvgIpc) is 3.86. The van der Waals surface area contributed by atoms with Crippen LogP contribution in [0.2, 0.25) is 0 Å². The summed E-state index contributed by atoms with van der Waals surface area (Å²) in [5.41, 5.74) is 9.38. The van der Waals surface area contributed by atoms with Gasteiger partial charge in [0.2, 0.25) is 0 Å². The molecule has 0 fully saturated rings. The largest absolute Gasteiger partial charge is 0.456 e. The number of para-hydroxylation sites is 1. The Kier molecular flexibility index (Phi) is 7.13. The van der Waals surface area contributed by atoms with E-state index < -0.39 is 0 Å². The van der Waals surface area contributed by atoms with Crippen LogP contribution in [0.3, 0.4) is 0 Å². The minimum Gasteiger partial charge on any atom is -0.456 e. The predicted octanol–water partition coefficient (Wildman–Crippen LogP) is 13.7. The fourth-order valence-electron chi connectivity index (χ4n) is 8.42. The number of hydrogen-bond acceptors (Lipinski definition) is 6. The molecule has 6 nitrogen and oxygen atoms in total. The normalized spacial score (nSPS) is 11.8. The molecule has 4 aromatic heterocycles. The number of aromatic nitrogens is 4. The lowest BCUT2D eigenvalue weighted by Gasteiger charge is -2.15. The van der Waals surface area contributed by atoms with Crippen LogP contribution < -0.4 is 0 Å². The van der Waals surface area contributed by atoms with Crippen LogP contribution >= 0.6 is 0 Å². The summed E-state index contributed by atoms with van der Waals surface area (Å²) in [7, 11) is 0. The predicted molar refractivity (Wildman–Crippen MR) is 234 cm³/mol. The smallest absolute Gasteiger partial charge is 0.164 e. The van der Waals surface area contributed by atoms with Gasteiger partial charge in [-0.1, -0.05) is 140 Å². The molecule has 0 spiro atoms. The number of nitrogens with zero attached hydrogens (tertiary/aromatic N) is 4. The number of hydrogen-bond donors (Lipinski definition) is 0. The lowest BCUT2D eigenvalue weighted by Crippen LogP contribution is -2.02. The van der Waals surface area contributed by atoms with Gasteiger partial charge >= 0.3 is 0 Å². The number of furan rings is 2. The van der Waals surface area contributed by atoms with Gasteiger partial charge in [0.1, 0.15) is 22.4 Å². The van der Waals surface area contributed by atoms with Gasteiger partial charge in [-0.15, -0.1) is 0 Å². The second-order valence-electron chi connectivity index (χ2n) is 14.6. The first-order valence-electron chi connectivity index (χ1n) is 19.3. The van der Waals surface area contributed by atoms with Gasteiger partial charge in [-0.05, 0) is 63.5 Å². The monoisotopic (exact) mass is 742 g/mol. The Balaban J connectivity index is 1.18. The van der Waals surface area contributed by atoms with E-state index in [0.717, 1.165) is 104 Å². The van der Waals surface area contributed by atoms with Crippen LogP contribution in [0, 0.1) is 0 Å². The van der Waals surface area contributed by atoms with Crippen molar-refractivity contribution in [3.63, 3.8) is 0 Å². The molecule has 12 rings (SSSR count). The van der Waals surface area contributed by atoms with E-state index in [1.807, 2.05) is 85.1 Å². The van der Waals surface area contributed by atoms with Crippen molar-refractivity contribution in [2.45, 2.75) is 0 Å². The summed E-state index contributed by atoms with van der Waals surface area (Å²) in [6, 6.07) is 60.1. The minimum atomic E-state index is 0.549. The molecular weight excluding hydrogens is 713 g/mol. The lowest BCUT2D eigenvalue weighted by molar-refractivity contribution is 0.668. The summed E-state index contributed by atoms with van der Waals surface area (Å²) in [4.78, 5) is 21.0. The van der Waals surface area contributed by atoms with Gasteiger partial charge in [-0.3, -0.25) is 4.98 Å². The van der Waals surface area contributed by atoms with E-state index in [2.05, 4.69) is 97.1 Å². The van der Waals surface area contributed by atoms with E-state index in [4.69, 9.17) is 28.8 Å². The number of benzene rings is 8. The molecule has 0 radical (unpaired) electrons. The van der Waals surface area contributed by atoms with Crippen molar-refractivity contribution >= 4 is 65.4 Å². The van der Waals surface area contributed by atoms with Gasteiger partial charge in [-0.25, -0.2) is 15.0 Å². The summed E-state index contributed by atoms with van der Waals surface area (Å²) in [5, 5.41) is 8.38. The average molecular weight is 743 g/mol. The van der Waals surface area contributed by atoms with Gasteiger partial charge in [0, 0.05) is 55.6 Å². The molecule has 270 valence electrons. The van der Waals surface area contributed by atoms with Crippen molar-refractivity contribution in [3.8, 4) is 56.5 Å². The third-order valence-corrected chi connectivity index (χ3v) is 11.1. The Morgan fingerprint density at radius 1 is 0.345 bits per heavy atom. The first kappa shape index (κ1) is 32.3. The number of rotatable bonds is 5. The fraction of sp³-hybridized carbons (Fsp3) is 0. The quantitative estimate of drug-likeness (QED) is 0.175. The van der Waals surface area contributed by atoms with Crippen LogP contribution in [0.4, 0.5) is 0 Å². The van der Waals surface area contributed by atoms with Crippen molar-refractivity contribution in [2.24, 2.45) is 0 Å². The molecule has 6 heteroatoms. The van der Waals surface area contributed by atoms with Crippen molar-refractivity contribution in [2.75, 3.05) is 0 Å². The molecule has 0 aliphatic carbocycles. The molecule has 0 bridgehead atoms. The number of fused-ring (bicyclic) bond motifs is 8. The van der Waals surface area contributed by atoms with E-state index in [0.29, 0.717) is 17.5 Å². The van der Waals surface area contributed by atoms with Crippen LogP contribution in [-0.4, -0.2) is 19.9 Å². The van der Waals surface area contributed by atoms with Crippen LogP contribution in [0.5, 0.6) is 0 Å². The van der Waals surface area contributed by atoms with E-state index in [-0.39, 0.29) is 0 Å². The van der Waals surface area contributed by atoms with E-state index in [1.54, 1.807) is 0 Å². The zero-order valence-electron chi connectivity index (χ0n) is 30.9. The molecule has 0 atom stereocenters. The molecule has 0 unspecified atom stereocenters. The summed E-state index contributed by atoms with van der Waals surface area (Å²) in [6.07, 6.45) is 1.99. The summed E-state index contributed by atoms with van der Waals surface area (Å²) in [6.45, 7) is 0. The zero-order valence-corrected chi connectivity index (χ0v) is 30.9. The molecule has 0 aliphatic heterocycles. The van der Waals surface area contributed by atoms with Crippen molar-refractivity contribution in [1.82, 2.24) is 19.9 Å². The first-order chi connectivity index (χ1) is 28.7. The van der Waals surface area contributed by atoms with E-state index >= 15 is 0 Å². The highest BCUT2D eigenvalue weighted by Crippen LogP contribution is 2.45. The van der Waals surface area contributed by atoms with Gasteiger partial charge in [0.05, 0.1) is 0 Å². The van der Waals surface area contributed by atoms with Gasteiger partial charge in [-0.2, -0.15) is 0 Å². The molecule has 0 saturated carbocycles. The third kappa shape index (κ3) is 5.12. The topological polar surface area (TPSA) is 77.8 Å². The molecule has 8 aromatic carbocycles. The second kappa shape index (κ2) is 12.8. The summed E-state index contributed by atoms with van der Waals surface area (Å²) in [5.74, 6) is 1.68. The van der Waals surface area contributed by atoms with Gasteiger partial charge < -0.3 is 8.83 Å². The molecule has 0 aliphatic rings. The Morgan fingerprint density at radius 2 is 0.931 bits per heavy atom. The third-order valence-electron chi connectivity index (χ3n) is 11.1. The SMILES string of the molecule is c1ccc(-c2nc(-c3cc4ccccc4cc3-c3cnc(-c4ccccc4)c4oc5cc6ccccc6cc5c34)nc(-c3cccc4oc5ccccc5c34)n2)cc1. The summed E-state index contributed by atoms with van der Waals surface area (Å²) >= 11 is 0. The first-order valence-corrected chi connectivity index (χ1v) is 19.3. The van der Waals surface area contributed by atoms with Gasteiger partial charge in [0.25, 0.3) is 0 Å². The summed E-state index contributed by atoms with van der Waals surface area (Å²) < 4.78 is 13.2. The van der Waals surface area contributed by atoms with Crippen molar-refractivity contribution in [1.29, 1.82) is 0 Å². The highest BCUT2D eigenvalue weighted by atomic mass is 16.3. The Labute approximate surface area is 331 Å². The van der Waals surface area contributed by atoms with Crippen LogP contribution in [0.25, 0.3) is 122 Å². The molecule has 0 N–H and O–H groups in total.